The number of hydrogen-bond acceptors (Lipinski definition) is 2. The third kappa shape index (κ3) is 19.4. The van der Waals surface area contributed by atoms with Crippen molar-refractivity contribution in [3.05, 3.63) is 344 Å². The summed E-state index contributed by atoms with van der Waals surface area (Å²) in [4.78, 5) is 12.1. The largest absolute Gasteiger partial charge is 0.457 e. The average Bonchev–Trinajstić information content (AvgIpc) is 3.11. The summed E-state index contributed by atoms with van der Waals surface area (Å²) in [6.45, 7) is 24.1. The van der Waals surface area contributed by atoms with E-state index in [1.165, 1.54) is 102 Å². The van der Waals surface area contributed by atoms with Crippen molar-refractivity contribution in [1.29, 1.82) is 0 Å². The number of aryl methyl sites for hydroxylation is 12. The van der Waals surface area contributed by atoms with E-state index in [-0.39, 0.29) is 5.78 Å². The monoisotopic (exact) mass is 1180 g/mol. The minimum absolute atomic E-state index is 0.0833. The van der Waals surface area contributed by atoms with Crippen molar-refractivity contribution in [2.24, 2.45) is 0 Å². The number of ketones is 1. The van der Waals surface area contributed by atoms with Crippen LogP contribution >= 0.6 is 0 Å². The Labute approximate surface area is 517 Å². The standard InChI is InChI=1S/C17H14F6.C15H14O.C14H14O.C14H14.C12H12.C8H10/c1-11-3-7-13(8-4-11)15(16(18,19)20,17(21,22)23)14-9-5-12(2)6-10-14;1-11-3-7-13(8-4-11)15(16)14-9-5-12(2)6-10-14;1-11-3-7-13(8-4-11)15-14-9-5-12(2)6-10-14;1-11-3-7-13(8-4-11)14-9-5-12(2)6-10-14;1-9-5-3-8-12-10(2)6-4-7-11(9)12;1-7-3-5-8(2)6-4-7/h3-10H,1-2H3;3-10H,1-2H3;3-10H,1-2H3;3-10H,1-2H3;3-8H,1-2H3;3-6H,1-2H3. The minimum Gasteiger partial charge on any atom is -0.457 e. The van der Waals surface area contributed by atoms with Gasteiger partial charge in [-0.1, -0.05) is 286 Å². The molecule has 2 nitrogen and oxygen atoms in total. The Morgan fingerprint density at radius 2 is 0.489 bits per heavy atom. The molecule has 0 radical (unpaired) electrons. The summed E-state index contributed by atoms with van der Waals surface area (Å²) in [7, 11) is 0. The number of alkyl halides is 6. The smallest absolute Gasteiger partial charge is 0.411 e. The fourth-order valence-electron chi connectivity index (χ4n) is 9.27. The molecule has 0 unspecified atom stereocenters. The van der Waals surface area contributed by atoms with Crippen LogP contribution in [0, 0.1) is 83.1 Å². The van der Waals surface area contributed by atoms with Crippen LogP contribution < -0.4 is 4.74 Å². The van der Waals surface area contributed by atoms with E-state index in [2.05, 4.69) is 165 Å². The maximum Gasteiger partial charge on any atom is 0.411 e. The molecule has 0 aliphatic heterocycles. The molecule has 0 aliphatic rings. The lowest BCUT2D eigenvalue weighted by Crippen LogP contribution is -2.54. The van der Waals surface area contributed by atoms with Crippen molar-refractivity contribution in [2.45, 2.75) is 101 Å². The predicted octanol–water partition coefficient (Wildman–Crippen LogP) is 23.1. The second-order valence-corrected chi connectivity index (χ2v) is 22.4. The van der Waals surface area contributed by atoms with Gasteiger partial charge in [0.2, 0.25) is 5.41 Å². The lowest BCUT2D eigenvalue weighted by Gasteiger charge is -2.38. The van der Waals surface area contributed by atoms with Crippen LogP contribution in [-0.2, 0) is 5.41 Å². The molecule has 11 aromatic carbocycles. The Balaban J connectivity index is 0.000000172. The normalized spacial score (nSPS) is 10.9. The lowest BCUT2D eigenvalue weighted by molar-refractivity contribution is -0.288. The van der Waals surface area contributed by atoms with Crippen LogP contribution in [0.15, 0.2) is 255 Å². The molecule has 8 heteroatoms. The van der Waals surface area contributed by atoms with Crippen molar-refractivity contribution in [3.63, 3.8) is 0 Å². The van der Waals surface area contributed by atoms with Crippen molar-refractivity contribution >= 4 is 16.6 Å². The first-order valence-corrected chi connectivity index (χ1v) is 29.1. The zero-order valence-corrected chi connectivity index (χ0v) is 52.3. The second-order valence-electron chi connectivity index (χ2n) is 22.4. The Morgan fingerprint density at radius 3 is 0.739 bits per heavy atom. The number of ether oxygens (including phenoxy) is 1. The highest BCUT2D eigenvalue weighted by molar-refractivity contribution is 6.09. The Kier molecular flexibility index (Phi) is 24.2. The quantitative estimate of drug-likeness (QED) is 0.117. The molecular formula is C80H78F6O2. The van der Waals surface area contributed by atoms with E-state index in [9.17, 15) is 31.1 Å². The molecule has 452 valence electrons. The van der Waals surface area contributed by atoms with Gasteiger partial charge in [-0.25, -0.2) is 0 Å². The number of fused-ring (bicyclic) bond motifs is 1. The number of rotatable bonds is 7. The number of benzene rings is 11. The van der Waals surface area contributed by atoms with Gasteiger partial charge in [-0.05, 0) is 152 Å². The van der Waals surface area contributed by atoms with E-state index < -0.39 is 28.9 Å². The van der Waals surface area contributed by atoms with E-state index in [0.717, 1.165) is 46.9 Å². The molecular weight excluding hydrogens is 1110 g/mol. The third-order valence-corrected chi connectivity index (χ3v) is 14.7. The van der Waals surface area contributed by atoms with E-state index >= 15 is 0 Å². The molecule has 11 aromatic rings. The summed E-state index contributed by atoms with van der Waals surface area (Å²) in [5, 5.41) is 2.75. The zero-order chi connectivity index (χ0) is 64.2. The summed E-state index contributed by atoms with van der Waals surface area (Å²) in [6, 6.07) is 78.6. The molecule has 88 heavy (non-hydrogen) atoms. The van der Waals surface area contributed by atoms with Gasteiger partial charge < -0.3 is 4.74 Å². The van der Waals surface area contributed by atoms with Crippen LogP contribution in [-0.4, -0.2) is 18.1 Å². The van der Waals surface area contributed by atoms with Crippen molar-refractivity contribution in [3.8, 4) is 22.6 Å². The maximum atomic E-state index is 13.7. The SMILES string of the molecule is Cc1ccc(-c2ccc(C)cc2)cc1.Cc1ccc(C(=O)c2ccc(C)cc2)cc1.Cc1ccc(C(c2ccc(C)cc2)(C(F)(F)F)C(F)(F)F)cc1.Cc1ccc(C)cc1.Cc1ccc(Oc2ccc(C)cc2)cc1.Cc1cccc2c(C)cccc12. The Hall–Kier alpha value is -9.27. The average molecular weight is 1190 g/mol. The van der Waals surface area contributed by atoms with Crippen LogP contribution in [0.2, 0.25) is 0 Å². The summed E-state index contributed by atoms with van der Waals surface area (Å²) < 4.78 is 88.0. The van der Waals surface area contributed by atoms with E-state index in [1.807, 2.05) is 111 Å². The van der Waals surface area contributed by atoms with Gasteiger partial charge in [0.25, 0.3) is 0 Å². The summed E-state index contributed by atoms with van der Waals surface area (Å²) in [6.07, 6.45) is -11.1. The number of carbonyl (C=O) groups is 1. The molecule has 0 aliphatic carbocycles. The fraction of sp³-hybridized carbons (Fsp3) is 0.188. The van der Waals surface area contributed by atoms with Crippen molar-refractivity contribution in [1.82, 2.24) is 0 Å². The minimum atomic E-state index is -5.53. The van der Waals surface area contributed by atoms with Gasteiger partial charge in [0.1, 0.15) is 11.5 Å². The maximum absolute atomic E-state index is 13.7. The highest BCUT2D eigenvalue weighted by Crippen LogP contribution is 2.56. The van der Waals surface area contributed by atoms with E-state index in [0.29, 0.717) is 11.1 Å². The first-order valence-electron chi connectivity index (χ1n) is 29.1. The van der Waals surface area contributed by atoms with Crippen molar-refractivity contribution in [2.75, 3.05) is 0 Å². The van der Waals surface area contributed by atoms with E-state index in [4.69, 9.17) is 4.74 Å². The molecule has 0 saturated heterocycles. The Bertz CT molecular complexity index is 3640. The molecule has 0 bridgehead atoms. The molecule has 0 amide bonds. The van der Waals surface area contributed by atoms with Gasteiger partial charge in [0.05, 0.1) is 0 Å². The molecule has 0 atom stereocenters. The number of carbonyl (C=O) groups excluding carboxylic acids is 1. The topological polar surface area (TPSA) is 26.3 Å². The van der Waals surface area contributed by atoms with Crippen molar-refractivity contribution < 1.29 is 35.9 Å². The number of halogens is 6. The van der Waals surface area contributed by atoms with Gasteiger partial charge in [-0.2, -0.15) is 26.3 Å². The predicted molar refractivity (Wildman–Crippen MR) is 354 cm³/mol. The van der Waals surface area contributed by atoms with Crippen LogP contribution in [0.4, 0.5) is 26.3 Å². The van der Waals surface area contributed by atoms with Crippen LogP contribution in [0.1, 0.15) is 93.8 Å². The summed E-state index contributed by atoms with van der Waals surface area (Å²) in [5.74, 6) is 1.84. The Morgan fingerprint density at radius 1 is 0.273 bits per heavy atom. The highest BCUT2D eigenvalue weighted by atomic mass is 19.4. The van der Waals surface area contributed by atoms with Crippen LogP contribution in [0.5, 0.6) is 11.5 Å². The zero-order valence-electron chi connectivity index (χ0n) is 52.3. The van der Waals surface area contributed by atoms with Gasteiger partial charge in [0, 0.05) is 11.1 Å². The fourth-order valence-corrected chi connectivity index (χ4v) is 9.27. The second kappa shape index (κ2) is 31.4. The van der Waals surface area contributed by atoms with Crippen LogP contribution in [0.25, 0.3) is 21.9 Å². The molecule has 0 fully saturated rings. The molecule has 0 heterocycles. The highest BCUT2D eigenvalue weighted by Gasteiger charge is 2.72. The molecule has 0 spiro atoms. The van der Waals surface area contributed by atoms with Gasteiger partial charge in [0.15, 0.2) is 5.78 Å². The molecule has 0 aromatic heterocycles. The first-order chi connectivity index (χ1) is 41.7. The lowest BCUT2D eigenvalue weighted by atomic mass is 9.72. The van der Waals surface area contributed by atoms with Crippen LogP contribution in [0.3, 0.4) is 0 Å². The molecule has 11 rings (SSSR count). The molecule has 0 N–H and O–H groups in total. The first kappa shape index (κ1) is 67.9. The van der Waals surface area contributed by atoms with Gasteiger partial charge in [-0.3, -0.25) is 4.79 Å². The van der Waals surface area contributed by atoms with Gasteiger partial charge >= 0.3 is 12.4 Å². The van der Waals surface area contributed by atoms with Gasteiger partial charge in [-0.15, -0.1) is 0 Å². The third-order valence-electron chi connectivity index (χ3n) is 14.7. The molecule has 0 saturated carbocycles. The summed E-state index contributed by atoms with van der Waals surface area (Å²) in [5.41, 5.74) is 12.3. The number of hydrogen-bond donors (Lipinski definition) is 0. The summed E-state index contributed by atoms with van der Waals surface area (Å²) >= 11 is 0. The van der Waals surface area contributed by atoms with E-state index in [1.54, 1.807) is 13.8 Å².